The molecule has 1 aromatic carbocycles. The summed E-state index contributed by atoms with van der Waals surface area (Å²) >= 11 is 5.68. The Bertz CT molecular complexity index is 540. The fourth-order valence-corrected chi connectivity index (χ4v) is 2.09. The fourth-order valence-electron chi connectivity index (χ4n) is 1.98. The van der Waals surface area contributed by atoms with Crippen molar-refractivity contribution in [2.45, 2.75) is 19.8 Å². The molecule has 0 saturated heterocycles. The van der Waals surface area contributed by atoms with Gasteiger partial charge in [-0.05, 0) is 25.5 Å². The molecule has 0 fully saturated rings. The first-order chi connectivity index (χ1) is 8.22. The molecule has 0 bridgehead atoms. The SMILES string of the molecule is CC(=CCCCl)Cc1nc2ccccc2n1C. The van der Waals surface area contributed by atoms with Crippen LogP contribution in [0.2, 0.25) is 0 Å². The maximum atomic E-state index is 5.68. The molecule has 0 aliphatic heterocycles. The monoisotopic (exact) mass is 248 g/mol. The summed E-state index contributed by atoms with van der Waals surface area (Å²) in [4.78, 5) is 4.65. The van der Waals surface area contributed by atoms with Crippen molar-refractivity contribution in [3.05, 3.63) is 41.7 Å². The number of para-hydroxylation sites is 2. The summed E-state index contributed by atoms with van der Waals surface area (Å²) in [5, 5.41) is 0. The maximum Gasteiger partial charge on any atom is 0.113 e. The van der Waals surface area contributed by atoms with E-state index in [-0.39, 0.29) is 0 Å². The lowest BCUT2D eigenvalue weighted by Gasteiger charge is -2.02. The molecule has 1 heterocycles. The second kappa shape index (κ2) is 5.37. The molecule has 0 saturated carbocycles. The smallest absolute Gasteiger partial charge is 0.113 e. The van der Waals surface area contributed by atoms with Crippen molar-refractivity contribution in [2.75, 3.05) is 5.88 Å². The first-order valence-corrected chi connectivity index (χ1v) is 6.37. The number of aromatic nitrogens is 2. The van der Waals surface area contributed by atoms with Crippen LogP contribution in [0.25, 0.3) is 11.0 Å². The minimum absolute atomic E-state index is 0.680. The van der Waals surface area contributed by atoms with Crippen LogP contribution < -0.4 is 0 Å². The van der Waals surface area contributed by atoms with Crippen LogP contribution in [0.15, 0.2) is 35.9 Å². The van der Waals surface area contributed by atoms with Gasteiger partial charge in [-0.15, -0.1) is 11.6 Å². The third-order valence-corrected chi connectivity index (χ3v) is 3.14. The first-order valence-electron chi connectivity index (χ1n) is 5.84. The van der Waals surface area contributed by atoms with E-state index >= 15 is 0 Å². The Labute approximate surface area is 107 Å². The summed E-state index contributed by atoms with van der Waals surface area (Å²) in [6.07, 6.45) is 4.01. The van der Waals surface area contributed by atoms with Gasteiger partial charge in [0.1, 0.15) is 5.82 Å². The van der Waals surface area contributed by atoms with Crippen molar-refractivity contribution in [1.29, 1.82) is 0 Å². The molecule has 17 heavy (non-hydrogen) atoms. The molecule has 1 aromatic heterocycles. The standard InChI is InChI=1S/C14H17ClN2/c1-11(6-5-9-15)10-14-16-12-7-3-4-8-13(12)17(14)2/h3-4,6-8H,5,9-10H2,1-2H3. The van der Waals surface area contributed by atoms with Gasteiger partial charge in [0.25, 0.3) is 0 Å². The number of aryl methyl sites for hydroxylation is 1. The average molecular weight is 249 g/mol. The van der Waals surface area contributed by atoms with Gasteiger partial charge in [0, 0.05) is 19.3 Å². The molecule has 0 aliphatic carbocycles. The van der Waals surface area contributed by atoms with Gasteiger partial charge in [-0.1, -0.05) is 23.8 Å². The summed E-state index contributed by atoms with van der Waals surface area (Å²) in [5.41, 5.74) is 3.58. The van der Waals surface area contributed by atoms with Crippen molar-refractivity contribution >= 4 is 22.6 Å². The number of nitrogens with zero attached hydrogens (tertiary/aromatic N) is 2. The quantitative estimate of drug-likeness (QED) is 0.596. The predicted octanol–water partition coefficient (Wildman–Crippen LogP) is 3.69. The van der Waals surface area contributed by atoms with Crippen LogP contribution in [-0.2, 0) is 13.5 Å². The van der Waals surface area contributed by atoms with E-state index in [1.54, 1.807) is 0 Å². The van der Waals surface area contributed by atoms with Crippen LogP contribution in [0.4, 0.5) is 0 Å². The lowest BCUT2D eigenvalue weighted by molar-refractivity contribution is 0.835. The molecule has 0 spiro atoms. The van der Waals surface area contributed by atoms with Gasteiger partial charge in [-0.25, -0.2) is 4.98 Å². The van der Waals surface area contributed by atoms with Gasteiger partial charge < -0.3 is 4.57 Å². The second-order valence-corrected chi connectivity index (χ2v) is 4.66. The van der Waals surface area contributed by atoms with Crippen molar-refractivity contribution in [3.63, 3.8) is 0 Å². The first kappa shape index (κ1) is 12.2. The number of benzene rings is 1. The number of rotatable bonds is 4. The van der Waals surface area contributed by atoms with E-state index in [1.807, 2.05) is 12.1 Å². The van der Waals surface area contributed by atoms with E-state index < -0.39 is 0 Å². The number of allylic oxidation sites excluding steroid dienone is 2. The van der Waals surface area contributed by atoms with Crippen molar-refractivity contribution < 1.29 is 0 Å². The van der Waals surface area contributed by atoms with Gasteiger partial charge in [0.05, 0.1) is 11.0 Å². The molecule has 2 rings (SSSR count). The highest BCUT2D eigenvalue weighted by molar-refractivity contribution is 6.17. The molecule has 0 radical (unpaired) electrons. The summed E-state index contributed by atoms with van der Waals surface area (Å²) in [7, 11) is 2.07. The van der Waals surface area contributed by atoms with Gasteiger partial charge in [0.2, 0.25) is 0 Å². The zero-order valence-electron chi connectivity index (χ0n) is 10.3. The number of hydrogen-bond acceptors (Lipinski definition) is 1. The molecule has 2 aromatic rings. The molecule has 0 unspecified atom stereocenters. The largest absolute Gasteiger partial charge is 0.331 e. The fraction of sp³-hybridized carbons (Fsp3) is 0.357. The van der Waals surface area contributed by atoms with E-state index in [1.165, 1.54) is 11.1 Å². The van der Waals surface area contributed by atoms with Crippen LogP contribution >= 0.6 is 11.6 Å². The average Bonchev–Trinajstić information content (AvgIpc) is 2.64. The Morgan fingerprint density at radius 3 is 2.88 bits per heavy atom. The Balaban J connectivity index is 2.27. The van der Waals surface area contributed by atoms with Crippen LogP contribution in [-0.4, -0.2) is 15.4 Å². The van der Waals surface area contributed by atoms with Gasteiger partial charge >= 0.3 is 0 Å². The van der Waals surface area contributed by atoms with Crippen molar-refractivity contribution in [2.24, 2.45) is 7.05 Å². The highest BCUT2D eigenvalue weighted by Gasteiger charge is 2.06. The normalized spacial score (nSPS) is 12.3. The van der Waals surface area contributed by atoms with E-state index in [0.29, 0.717) is 5.88 Å². The van der Waals surface area contributed by atoms with Crippen LogP contribution in [0, 0.1) is 0 Å². The lowest BCUT2D eigenvalue weighted by Crippen LogP contribution is -1.98. The molecule has 0 N–H and O–H groups in total. The van der Waals surface area contributed by atoms with Crippen LogP contribution in [0.1, 0.15) is 19.2 Å². The number of imidazole rings is 1. The zero-order valence-corrected chi connectivity index (χ0v) is 11.0. The molecule has 0 amide bonds. The minimum Gasteiger partial charge on any atom is -0.331 e. The minimum atomic E-state index is 0.680. The summed E-state index contributed by atoms with van der Waals surface area (Å²) < 4.78 is 2.16. The van der Waals surface area contributed by atoms with Gasteiger partial charge in [0.15, 0.2) is 0 Å². The Hall–Kier alpha value is -1.28. The molecular formula is C14H17ClN2. The van der Waals surface area contributed by atoms with Crippen molar-refractivity contribution in [1.82, 2.24) is 9.55 Å². The van der Waals surface area contributed by atoms with Gasteiger partial charge in [-0.3, -0.25) is 0 Å². The molecule has 2 nitrogen and oxygen atoms in total. The highest BCUT2D eigenvalue weighted by atomic mass is 35.5. The van der Waals surface area contributed by atoms with E-state index in [0.717, 1.165) is 24.2 Å². The predicted molar refractivity (Wildman–Crippen MR) is 73.5 cm³/mol. The molecule has 3 heteroatoms. The molecule has 0 aliphatic rings. The van der Waals surface area contributed by atoms with E-state index in [4.69, 9.17) is 11.6 Å². The summed E-state index contributed by atoms with van der Waals surface area (Å²) in [5.74, 6) is 1.79. The third kappa shape index (κ3) is 2.70. The molecule has 0 atom stereocenters. The Morgan fingerprint density at radius 2 is 2.18 bits per heavy atom. The van der Waals surface area contributed by atoms with Crippen molar-refractivity contribution in [3.8, 4) is 0 Å². The number of alkyl halides is 1. The summed E-state index contributed by atoms with van der Waals surface area (Å²) in [6, 6.07) is 8.22. The Kier molecular flexibility index (Phi) is 3.85. The Morgan fingerprint density at radius 1 is 1.41 bits per heavy atom. The third-order valence-electron chi connectivity index (χ3n) is 2.92. The molecule has 90 valence electrons. The van der Waals surface area contributed by atoms with E-state index in [9.17, 15) is 0 Å². The highest BCUT2D eigenvalue weighted by Crippen LogP contribution is 2.16. The van der Waals surface area contributed by atoms with Crippen LogP contribution in [0.3, 0.4) is 0 Å². The zero-order chi connectivity index (χ0) is 12.3. The summed E-state index contributed by atoms with van der Waals surface area (Å²) in [6.45, 7) is 2.13. The van der Waals surface area contributed by atoms with E-state index in [2.05, 4.69) is 41.7 Å². The topological polar surface area (TPSA) is 17.8 Å². The second-order valence-electron chi connectivity index (χ2n) is 4.28. The van der Waals surface area contributed by atoms with Gasteiger partial charge in [-0.2, -0.15) is 0 Å². The number of fused-ring (bicyclic) bond motifs is 1. The maximum absolute atomic E-state index is 5.68. The molecular weight excluding hydrogens is 232 g/mol. The number of halogens is 1. The number of hydrogen-bond donors (Lipinski definition) is 0. The van der Waals surface area contributed by atoms with Crippen LogP contribution in [0.5, 0.6) is 0 Å². The lowest BCUT2D eigenvalue weighted by atomic mass is 10.2.